The van der Waals surface area contributed by atoms with Crippen LogP contribution in [0.1, 0.15) is 15.9 Å². The molecule has 1 amide bonds. The van der Waals surface area contributed by atoms with Crippen LogP contribution < -0.4 is 11.1 Å². The molecule has 0 aliphatic carbocycles. The van der Waals surface area contributed by atoms with Crippen LogP contribution in [-0.2, 0) is 0 Å². The van der Waals surface area contributed by atoms with E-state index in [9.17, 15) is 9.18 Å². The number of nitrogens with two attached hydrogens (primary N) is 1. The van der Waals surface area contributed by atoms with Gasteiger partial charge in [-0.15, -0.1) is 0 Å². The zero-order valence-corrected chi connectivity index (χ0v) is 11.0. The summed E-state index contributed by atoms with van der Waals surface area (Å²) in [6.45, 7) is 1.80. The normalized spacial score (nSPS) is 10.3. The number of carbonyl (C=O) groups excluding carboxylic acids is 1. The molecule has 0 aliphatic heterocycles. The number of nitrogens with one attached hydrogen (secondary N) is 1. The van der Waals surface area contributed by atoms with E-state index in [1.807, 2.05) is 0 Å². The number of amides is 1. The van der Waals surface area contributed by atoms with Crippen LogP contribution >= 0.6 is 11.6 Å². The number of halogens is 2. The van der Waals surface area contributed by atoms with E-state index in [-0.39, 0.29) is 5.69 Å². The van der Waals surface area contributed by atoms with Gasteiger partial charge in [0.05, 0.1) is 11.3 Å². The zero-order valence-electron chi connectivity index (χ0n) is 10.2. The van der Waals surface area contributed by atoms with Gasteiger partial charge in [-0.1, -0.05) is 23.7 Å². The quantitative estimate of drug-likeness (QED) is 0.824. The van der Waals surface area contributed by atoms with Gasteiger partial charge in [0.25, 0.3) is 5.91 Å². The molecule has 0 atom stereocenters. The Morgan fingerprint density at radius 1 is 1.32 bits per heavy atom. The predicted molar refractivity (Wildman–Crippen MR) is 75.0 cm³/mol. The SMILES string of the molecule is Cc1cccc(C(=O)Nc2cc(Cl)ccc2F)c1N. The Morgan fingerprint density at radius 3 is 2.79 bits per heavy atom. The number of hydrogen-bond acceptors (Lipinski definition) is 2. The molecule has 0 bridgehead atoms. The predicted octanol–water partition coefficient (Wildman–Crippen LogP) is 3.62. The molecule has 0 spiro atoms. The van der Waals surface area contributed by atoms with Crippen molar-refractivity contribution in [2.24, 2.45) is 0 Å². The first-order chi connectivity index (χ1) is 8.99. The third-order valence-corrected chi connectivity index (χ3v) is 2.98. The molecule has 0 saturated carbocycles. The molecule has 0 aliphatic rings. The molecule has 0 fully saturated rings. The van der Waals surface area contributed by atoms with Crippen molar-refractivity contribution in [3.63, 3.8) is 0 Å². The van der Waals surface area contributed by atoms with E-state index in [1.54, 1.807) is 25.1 Å². The maximum atomic E-state index is 13.5. The van der Waals surface area contributed by atoms with Gasteiger partial charge < -0.3 is 11.1 Å². The monoisotopic (exact) mass is 278 g/mol. The smallest absolute Gasteiger partial charge is 0.257 e. The summed E-state index contributed by atoms with van der Waals surface area (Å²) >= 11 is 5.76. The number of benzene rings is 2. The van der Waals surface area contributed by atoms with Crippen LogP contribution in [0.3, 0.4) is 0 Å². The highest BCUT2D eigenvalue weighted by Gasteiger charge is 2.13. The highest BCUT2D eigenvalue weighted by atomic mass is 35.5. The number of para-hydroxylation sites is 1. The molecule has 2 aromatic carbocycles. The van der Waals surface area contributed by atoms with Gasteiger partial charge in [-0.25, -0.2) is 4.39 Å². The van der Waals surface area contributed by atoms with E-state index in [1.165, 1.54) is 18.2 Å². The molecule has 3 nitrogen and oxygen atoms in total. The van der Waals surface area contributed by atoms with Crippen LogP contribution in [0.15, 0.2) is 36.4 Å². The minimum Gasteiger partial charge on any atom is -0.398 e. The van der Waals surface area contributed by atoms with Gasteiger partial charge in [-0.3, -0.25) is 4.79 Å². The van der Waals surface area contributed by atoms with E-state index >= 15 is 0 Å². The van der Waals surface area contributed by atoms with Crippen molar-refractivity contribution in [3.05, 3.63) is 58.4 Å². The summed E-state index contributed by atoms with van der Waals surface area (Å²) in [5, 5.41) is 2.80. The third-order valence-electron chi connectivity index (χ3n) is 2.75. The number of hydrogen-bond donors (Lipinski definition) is 2. The molecular weight excluding hydrogens is 267 g/mol. The molecule has 0 radical (unpaired) electrons. The average Bonchev–Trinajstić information content (AvgIpc) is 2.37. The van der Waals surface area contributed by atoms with E-state index in [0.717, 1.165) is 5.56 Å². The van der Waals surface area contributed by atoms with E-state index in [2.05, 4.69) is 5.32 Å². The van der Waals surface area contributed by atoms with Gasteiger partial charge in [0.15, 0.2) is 0 Å². The van der Waals surface area contributed by atoms with Crippen LogP contribution in [0.25, 0.3) is 0 Å². The van der Waals surface area contributed by atoms with Gasteiger partial charge in [-0.2, -0.15) is 0 Å². The van der Waals surface area contributed by atoms with Crippen LogP contribution in [0, 0.1) is 12.7 Å². The summed E-state index contributed by atoms with van der Waals surface area (Å²) in [5.74, 6) is -1.02. The maximum absolute atomic E-state index is 13.5. The van der Waals surface area contributed by atoms with Crippen molar-refractivity contribution in [2.45, 2.75) is 6.92 Å². The summed E-state index contributed by atoms with van der Waals surface area (Å²) in [4.78, 5) is 12.0. The Labute approximate surface area is 115 Å². The lowest BCUT2D eigenvalue weighted by Gasteiger charge is -2.10. The number of nitrogen functional groups attached to an aromatic ring is 1. The van der Waals surface area contributed by atoms with Crippen molar-refractivity contribution in [3.8, 4) is 0 Å². The minimum atomic E-state index is -0.552. The minimum absolute atomic E-state index is 0.0263. The maximum Gasteiger partial charge on any atom is 0.257 e. The van der Waals surface area contributed by atoms with Gasteiger partial charge in [0, 0.05) is 10.7 Å². The largest absolute Gasteiger partial charge is 0.398 e. The number of anilines is 2. The van der Waals surface area contributed by atoms with Crippen LogP contribution in [-0.4, -0.2) is 5.91 Å². The molecule has 0 saturated heterocycles. The summed E-state index contributed by atoms with van der Waals surface area (Å²) in [7, 11) is 0. The number of carbonyl (C=O) groups is 1. The van der Waals surface area contributed by atoms with Crippen molar-refractivity contribution in [1.82, 2.24) is 0 Å². The van der Waals surface area contributed by atoms with Crippen LogP contribution in [0.4, 0.5) is 15.8 Å². The fourth-order valence-electron chi connectivity index (χ4n) is 1.66. The highest BCUT2D eigenvalue weighted by molar-refractivity contribution is 6.31. The lowest BCUT2D eigenvalue weighted by Crippen LogP contribution is -2.15. The number of rotatable bonds is 2. The lowest BCUT2D eigenvalue weighted by atomic mass is 10.1. The molecule has 3 N–H and O–H groups in total. The van der Waals surface area contributed by atoms with Crippen molar-refractivity contribution in [2.75, 3.05) is 11.1 Å². The Morgan fingerprint density at radius 2 is 2.05 bits per heavy atom. The topological polar surface area (TPSA) is 55.1 Å². The second kappa shape index (κ2) is 5.28. The van der Waals surface area contributed by atoms with Crippen LogP contribution in [0.5, 0.6) is 0 Å². The second-order valence-corrected chi connectivity index (χ2v) is 4.55. The van der Waals surface area contributed by atoms with E-state index in [4.69, 9.17) is 17.3 Å². The fraction of sp³-hybridized carbons (Fsp3) is 0.0714. The summed E-state index contributed by atoms with van der Waals surface area (Å²) < 4.78 is 13.5. The van der Waals surface area contributed by atoms with Gasteiger partial charge >= 0.3 is 0 Å². The zero-order chi connectivity index (χ0) is 14.0. The van der Waals surface area contributed by atoms with Crippen molar-refractivity contribution >= 4 is 28.9 Å². The molecule has 98 valence electrons. The Kier molecular flexibility index (Phi) is 3.71. The average molecular weight is 279 g/mol. The van der Waals surface area contributed by atoms with Crippen LogP contribution in [0.2, 0.25) is 5.02 Å². The first-order valence-electron chi connectivity index (χ1n) is 5.60. The van der Waals surface area contributed by atoms with Crippen molar-refractivity contribution in [1.29, 1.82) is 0 Å². The second-order valence-electron chi connectivity index (χ2n) is 4.11. The highest BCUT2D eigenvalue weighted by Crippen LogP contribution is 2.22. The Balaban J connectivity index is 2.31. The molecule has 2 rings (SSSR count). The fourth-order valence-corrected chi connectivity index (χ4v) is 1.83. The lowest BCUT2D eigenvalue weighted by molar-refractivity contribution is 0.102. The van der Waals surface area contributed by atoms with Gasteiger partial charge in [-0.05, 0) is 36.8 Å². The molecule has 19 heavy (non-hydrogen) atoms. The molecule has 5 heteroatoms. The third kappa shape index (κ3) is 2.85. The Bertz CT molecular complexity index is 643. The molecule has 0 aromatic heterocycles. The molecule has 0 heterocycles. The number of aryl methyl sites for hydroxylation is 1. The molecule has 0 unspecified atom stereocenters. The van der Waals surface area contributed by atoms with Gasteiger partial charge in [0.1, 0.15) is 5.82 Å². The first-order valence-corrected chi connectivity index (χ1v) is 5.98. The van der Waals surface area contributed by atoms with Gasteiger partial charge in [0.2, 0.25) is 0 Å². The summed E-state index contributed by atoms with van der Waals surface area (Å²) in [5.41, 5.74) is 7.32. The standard InChI is InChI=1S/C14H12ClFN2O/c1-8-3-2-4-10(13(8)17)14(19)18-12-7-9(15)5-6-11(12)16/h2-7H,17H2,1H3,(H,18,19). The summed E-state index contributed by atoms with van der Waals surface area (Å²) in [6, 6.07) is 9.05. The molecule has 2 aromatic rings. The molecular formula is C14H12ClFN2O. The van der Waals surface area contributed by atoms with E-state index in [0.29, 0.717) is 16.3 Å². The first kappa shape index (κ1) is 13.4. The van der Waals surface area contributed by atoms with Crippen molar-refractivity contribution < 1.29 is 9.18 Å². The summed E-state index contributed by atoms with van der Waals surface area (Å²) in [6.07, 6.45) is 0. The van der Waals surface area contributed by atoms with E-state index < -0.39 is 11.7 Å². The Hall–Kier alpha value is -2.07.